The zero-order chi connectivity index (χ0) is 16.9. The highest BCUT2D eigenvalue weighted by molar-refractivity contribution is 8.15. The maximum absolute atomic E-state index is 12.5. The molecule has 24 heavy (non-hydrogen) atoms. The molecule has 3 rings (SSSR count). The summed E-state index contributed by atoms with van der Waals surface area (Å²) in [4.78, 5) is 35.1. The van der Waals surface area contributed by atoms with Crippen molar-refractivity contribution < 1.29 is 9.59 Å². The van der Waals surface area contributed by atoms with E-state index in [1.165, 1.54) is 42.4 Å². The Balaban J connectivity index is 1.61. The Kier molecular flexibility index (Phi) is 5.89. The number of carbonyl (C=O) groups is 2. The highest BCUT2D eigenvalue weighted by Crippen LogP contribution is 2.32. The maximum atomic E-state index is 12.5. The van der Waals surface area contributed by atoms with Crippen LogP contribution in [0.4, 0.5) is 5.13 Å². The van der Waals surface area contributed by atoms with E-state index in [9.17, 15) is 9.59 Å². The van der Waals surface area contributed by atoms with Gasteiger partial charge in [-0.1, -0.05) is 31.0 Å². The molecule has 1 saturated carbocycles. The van der Waals surface area contributed by atoms with Crippen molar-refractivity contribution in [3.05, 3.63) is 11.6 Å². The fraction of sp³-hybridized carbons (Fsp3) is 0.625. The number of aromatic nitrogens is 1. The van der Waals surface area contributed by atoms with Crippen molar-refractivity contribution in [2.75, 3.05) is 6.54 Å². The molecule has 0 radical (unpaired) electrons. The average Bonchev–Trinajstić information content (AvgIpc) is 3.17. The summed E-state index contributed by atoms with van der Waals surface area (Å²) < 4.78 is 0. The van der Waals surface area contributed by atoms with Crippen LogP contribution >= 0.6 is 23.1 Å². The Hall–Kier alpha value is -1.41. The molecular formula is C16H22N4O2S2. The van der Waals surface area contributed by atoms with Crippen LogP contribution in [0, 0.1) is 0 Å². The molecule has 1 saturated heterocycles. The van der Waals surface area contributed by atoms with Crippen molar-refractivity contribution >= 4 is 45.2 Å². The predicted molar refractivity (Wildman–Crippen MR) is 97.6 cm³/mol. The molecular weight excluding hydrogens is 344 g/mol. The molecule has 0 aromatic carbocycles. The number of hydrogen-bond acceptors (Lipinski definition) is 6. The van der Waals surface area contributed by atoms with Crippen LogP contribution in [0.25, 0.3) is 0 Å². The first kappa shape index (κ1) is 17.4. The van der Waals surface area contributed by atoms with E-state index in [0.29, 0.717) is 16.8 Å². The van der Waals surface area contributed by atoms with Crippen molar-refractivity contribution in [1.82, 2.24) is 15.2 Å². The summed E-state index contributed by atoms with van der Waals surface area (Å²) >= 11 is 2.80. The first-order valence-corrected chi connectivity index (χ1v) is 10.2. The van der Waals surface area contributed by atoms with E-state index < -0.39 is 0 Å². The highest BCUT2D eigenvalue weighted by atomic mass is 32.2. The van der Waals surface area contributed by atoms with E-state index >= 15 is 0 Å². The summed E-state index contributed by atoms with van der Waals surface area (Å²) in [6, 6.07) is 0.276. The molecule has 2 amide bonds. The number of nitrogens with zero attached hydrogens (tertiary/aromatic N) is 3. The van der Waals surface area contributed by atoms with Gasteiger partial charge in [0, 0.05) is 30.6 Å². The molecule has 1 aliphatic heterocycles. The molecule has 2 heterocycles. The minimum atomic E-state index is -0.382. The summed E-state index contributed by atoms with van der Waals surface area (Å²) in [5, 5.41) is 5.84. The Morgan fingerprint density at radius 1 is 1.42 bits per heavy atom. The van der Waals surface area contributed by atoms with Gasteiger partial charge in [0.05, 0.1) is 0 Å². The van der Waals surface area contributed by atoms with Crippen LogP contribution in [0.15, 0.2) is 16.6 Å². The lowest BCUT2D eigenvalue weighted by Gasteiger charge is -2.23. The van der Waals surface area contributed by atoms with E-state index in [4.69, 9.17) is 0 Å². The fourth-order valence-electron chi connectivity index (χ4n) is 3.07. The molecule has 1 N–H and O–H groups in total. The molecule has 130 valence electrons. The Bertz CT molecular complexity index is 612. The van der Waals surface area contributed by atoms with Gasteiger partial charge in [0.1, 0.15) is 5.25 Å². The number of nitrogens with one attached hydrogen (secondary N) is 1. The lowest BCUT2D eigenvalue weighted by Crippen LogP contribution is -2.39. The molecule has 1 aliphatic carbocycles. The van der Waals surface area contributed by atoms with Gasteiger partial charge in [-0.05, 0) is 19.8 Å². The molecule has 1 aromatic rings. The lowest BCUT2D eigenvalue weighted by atomic mass is 9.95. The number of hydrogen-bond donors (Lipinski definition) is 1. The third kappa shape index (κ3) is 4.16. The van der Waals surface area contributed by atoms with Gasteiger partial charge < -0.3 is 5.32 Å². The molecule has 1 aromatic heterocycles. The van der Waals surface area contributed by atoms with E-state index in [0.717, 1.165) is 12.8 Å². The van der Waals surface area contributed by atoms with Crippen LogP contribution in [-0.4, -0.2) is 44.7 Å². The summed E-state index contributed by atoms with van der Waals surface area (Å²) in [6.45, 7) is 2.47. The second kappa shape index (κ2) is 8.11. The van der Waals surface area contributed by atoms with Gasteiger partial charge in [-0.3, -0.25) is 14.5 Å². The zero-order valence-electron chi connectivity index (χ0n) is 13.7. The van der Waals surface area contributed by atoms with Gasteiger partial charge in [-0.25, -0.2) is 4.98 Å². The molecule has 0 bridgehead atoms. The molecule has 2 aliphatic rings. The van der Waals surface area contributed by atoms with E-state index in [1.807, 2.05) is 12.3 Å². The van der Waals surface area contributed by atoms with Gasteiger partial charge >= 0.3 is 0 Å². The highest BCUT2D eigenvalue weighted by Gasteiger charge is 2.38. The Labute approximate surface area is 150 Å². The quantitative estimate of drug-likeness (QED) is 0.869. The minimum absolute atomic E-state index is 0.0284. The smallest absolute Gasteiger partial charge is 0.242 e. The van der Waals surface area contributed by atoms with E-state index in [-0.39, 0.29) is 29.5 Å². The second-order valence-corrected chi connectivity index (χ2v) is 8.05. The minimum Gasteiger partial charge on any atom is -0.353 e. The topological polar surface area (TPSA) is 74.7 Å². The van der Waals surface area contributed by atoms with Gasteiger partial charge in [0.2, 0.25) is 16.9 Å². The molecule has 1 atom stereocenters. The third-order valence-electron chi connectivity index (χ3n) is 4.29. The lowest BCUT2D eigenvalue weighted by molar-refractivity contribution is -0.129. The van der Waals surface area contributed by atoms with Crippen molar-refractivity contribution in [3.8, 4) is 0 Å². The van der Waals surface area contributed by atoms with Gasteiger partial charge in [-0.2, -0.15) is 4.99 Å². The van der Waals surface area contributed by atoms with Crippen molar-refractivity contribution in [3.63, 3.8) is 0 Å². The summed E-state index contributed by atoms with van der Waals surface area (Å²) in [6.07, 6.45) is 7.62. The van der Waals surface area contributed by atoms with Crippen LogP contribution in [0.5, 0.6) is 0 Å². The second-order valence-electron chi connectivity index (χ2n) is 6.00. The standard InChI is InChI=1S/C16H22N4O2S2/c1-2-20-14(22)12(24-16(20)19-15-17-8-9-23-15)10-13(21)18-11-6-4-3-5-7-11/h8-9,11-12H,2-7,10H2,1H3,(H,18,21)/b19-16+. The molecule has 6 nitrogen and oxygen atoms in total. The van der Waals surface area contributed by atoms with E-state index in [2.05, 4.69) is 15.3 Å². The number of thioether (sulfide) groups is 1. The average molecular weight is 367 g/mol. The molecule has 2 fully saturated rings. The van der Waals surface area contributed by atoms with Crippen molar-refractivity contribution in [1.29, 1.82) is 0 Å². The van der Waals surface area contributed by atoms with Gasteiger partial charge in [0.15, 0.2) is 5.17 Å². The summed E-state index contributed by atoms with van der Waals surface area (Å²) in [7, 11) is 0. The third-order valence-corrected chi connectivity index (χ3v) is 6.13. The van der Waals surface area contributed by atoms with E-state index in [1.54, 1.807) is 11.1 Å². The van der Waals surface area contributed by atoms with Crippen LogP contribution in [-0.2, 0) is 9.59 Å². The number of thiazole rings is 1. The largest absolute Gasteiger partial charge is 0.353 e. The molecule has 8 heteroatoms. The van der Waals surface area contributed by atoms with Crippen LogP contribution in [0.2, 0.25) is 0 Å². The Morgan fingerprint density at radius 2 is 2.21 bits per heavy atom. The predicted octanol–water partition coefficient (Wildman–Crippen LogP) is 2.93. The van der Waals surface area contributed by atoms with Gasteiger partial charge in [-0.15, -0.1) is 11.3 Å². The molecule has 1 unspecified atom stereocenters. The fourth-order valence-corrected chi connectivity index (χ4v) is 4.84. The van der Waals surface area contributed by atoms with Crippen molar-refractivity contribution in [2.45, 2.75) is 56.7 Å². The summed E-state index contributed by atoms with van der Waals surface area (Å²) in [5.41, 5.74) is 0. The van der Waals surface area contributed by atoms with Crippen LogP contribution < -0.4 is 5.32 Å². The van der Waals surface area contributed by atoms with Crippen LogP contribution in [0.3, 0.4) is 0 Å². The van der Waals surface area contributed by atoms with Crippen molar-refractivity contribution in [2.24, 2.45) is 4.99 Å². The normalized spacial score (nSPS) is 23.9. The monoisotopic (exact) mass is 366 g/mol. The first-order valence-electron chi connectivity index (χ1n) is 8.43. The number of aliphatic imine (C=N–C) groups is 1. The van der Waals surface area contributed by atoms with Crippen LogP contribution in [0.1, 0.15) is 45.4 Å². The van der Waals surface area contributed by atoms with Gasteiger partial charge in [0.25, 0.3) is 0 Å². The Morgan fingerprint density at radius 3 is 2.88 bits per heavy atom. The number of amides is 2. The molecule has 0 spiro atoms. The zero-order valence-corrected chi connectivity index (χ0v) is 15.4. The maximum Gasteiger partial charge on any atom is 0.242 e. The number of rotatable bonds is 5. The number of carbonyl (C=O) groups excluding carboxylic acids is 2. The number of amidine groups is 1. The SMILES string of the molecule is CCN1C(=O)C(CC(=O)NC2CCCCC2)S/C1=N/c1nccs1. The summed E-state index contributed by atoms with van der Waals surface area (Å²) in [5.74, 6) is -0.0594. The first-order chi connectivity index (χ1) is 11.7.